The van der Waals surface area contributed by atoms with Gasteiger partial charge >= 0.3 is 0 Å². The van der Waals surface area contributed by atoms with E-state index in [1.807, 2.05) is 0 Å². The average molecular weight is 243 g/mol. The van der Waals surface area contributed by atoms with Gasteiger partial charge in [-0.05, 0) is 31.7 Å². The number of piperazine rings is 1. The second kappa shape index (κ2) is 4.75. The zero-order valence-corrected chi connectivity index (χ0v) is 11.2. The lowest BCUT2D eigenvalue weighted by Crippen LogP contribution is -2.43. The van der Waals surface area contributed by atoms with Gasteiger partial charge in [-0.1, -0.05) is 11.6 Å². The van der Waals surface area contributed by atoms with Crippen molar-refractivity contribution in [3.63, 3.8) is 0 Å². The predicted molar refractivity (Wildman–Crippen MR) is 75.8 cm³/mol. The number of aromatic nitrogens is 1. The molecule has 3 nitrogen and oxygen atoms in total. The van der Waals surface area contributed by atoms with Crippen LogP contribution in [0.3, 0.4) is 0 Å². The maximum Gasteiger partial charge on any atom is 0.0457 e. The summed E-state index contributed by atoms with van der Waals surface area (Å²) in [7, 11) is 2.20. The Balaban J connectivity index is 1.80. The molecule has 1 aromatic carbocycles. The monoisotopic (exact) mass is 243 g/mol. The zero-order chi connectivity index (χ0) is 12.5. The lowest BCUT2D eigenvalue weighted by Gasteiger charge is -2.32. The van der Waals surface area contributed by atoms with E-state index < -0.39 is 0 Å². The highest BCUT2D eigenvalue weighted by Gasteiger charge is 2.15. The number of likely N-dealkylation sites (N-methyl/N-ethyl adjacent to an activating group) is 1. The van der Waals surface area contributed by atoms with Gasteiger partial charge in [-0.15, -0.1) is 0 Å². The molecular formula is C15H21N3. The summed E-state index contributed by atoms with van der Waals surface area (Å²) in [5, 5.41) is 1.38. The molecule has 18 heavy (non-hydrogen) atoms. The molecule has 1 aliphatic rings. The Morgan fingerprint density at radius 2 is 1.94 bits per heavy atom. The highest BCUT2D eigenvalue weighted by Crippen LogP contribution is 2.21. The minimum absolute atomic E-state index is 1.07. The number of benzene rings is 1. The number of rotatable bonds is 2. The summed E-state index contributed by atoms with van der Waals surface area (Å²) in [6.45, 7) is 7.94. The van der Waals surface area contributed by atoms with Gasteiger partial charge in [-0.25, -0.2) is 0 Å². The topological polar surface area (TPSA) is 22.3 Å². The second-order valence-corrected chi connectivity index (χ2v) is 5.44. The van der Waals surface area contributed by atoms with E-state index in [-0.39, 0.29) is 0 Å². The third-order valence-corrected chi connectivity index (χ3v) is 3.91. The first-order valence-electron chi connectivity index (χ1n) is 6.70. The molecule has 2 aromatic rings. The number of aryl methyl sites for hydroxylation is 1. The molecule has 0 radical (unpaired) electrons. The Morgan fingerprint density at radius 3 is 2.72 bits per heavy atom. The Bertz CT molecular complexity index is 536. The number of fused-ring (bicyclic) bond motifs is 1. The molecule has 0 atom stereocenters. The fraction of sp³-hybridized carbons (Fsp3) is 0.467. The van der Waals surface area contributed by atoms with E-state index in [4.69, 9.17) is 0 Å². The average Bonchev–Trinajstić information content (AvgIpc) is 2.75. The smallest absolute Gasteiger partial charge is 0.0457 e. The van der Waals surface area contributed by atoms with E-state index in [1.165, 1.54) is 48.2 Å². The predicted octanol–water partition coefficient (Wildman–Crippen LogP) is 2.22. The van der Waals surface area contributed by atoms with Crippen LogP contribution in [0.5, 0.6) is 0 Å². The highest BCUT2D eigenvalue weighted by atomic mass is 15.2. The van der Waals surface area contributed by atoms with Crippen molar-refractivity contribution in [2.75, 3.05) is 33.2 Å². The molecule has 0 unspecified atom stereocenters. The van der Waals surface area contributed by atoms with Crippen LogP contribution in [-0.2, 0) is 6.54 Å². The summed E-state index contributed by atoms with van der Waals surface area (Å²) >= 11 is 0. The number of nitrogens with one attached hydrogen (secondary N) is 1. The lowest BCUT2D eigenvalue weighted by atomic mass is 10.1. The van der Waals surface area contributed by atoms with Crippen molar-refractivity contribution in [2.24, 2.45) is 0 Å². The van der Waals surface area contributed by atoms with Gasteiger partial charge in [0.05, 0.1) is 0 Å². The largest absolute Gasteiger partial charge is 0.361 e. The summed E-state index contributed by atoms with van der Waals surface area (Å²) in [6.07, 6.45) is 2.17. The molecule has 1 N–H and O–H groups in total. The lowest BCUT2D eigenvalue weighted by molar-refractivity contribution is 0.148. The van der Waals surface area contributed by atoms with Crippen molar-refractivity contribution >= 4 is 10.9 Å². The minimum Gasteiger partial charge on any atom is -0.361 e. The van der Waals surface area contributed by atoms with E-state index >= 15 is 0 Å². The molecule has 1 aliphatic heterocycles. The minimum atomic E-state index is 1.07. The van der Waals surface area contributed by atoms with Crippen molar-refractivity contribution in [3.8, 4) is 0 Å². The standard InChI is InChI=1S/C15H21N3/c1-12-3-4-15-14(9-12)13(10-16-15)11-18-7-5-17(2)6-8-18/h3-4,9-10,16H,5-8,11H2,1-2H3. The fourth-order valence-corrected chi connectivity index (χ4v) is 2.67. The van der Waals surface area contributed by atoms with Crippen LogP contribution in [0.4, 0.5) is 0 Å². The molecular weight excluding hydrogens is 222 g/mol. The summed E-state index contributed by atoms with van der Waals surface area (Å²) in [4.78, 5) is 8.32. The first kappa shape index (κ1) is 11.8. The SMILES string of the molecule is Cc1ccc2[nH]cc(CN3CCN(C)CC3)c2c1. The van der Waals surface area contributed by atoms with E-state index in [2.05, 4.69) is 53.2 Å². The fourth-order valence-electron chi connectivity index (χ4n) is 2.67. The first-order chi connectivity index (χ1) is 8.72. The van der Waals surface area contributed by atoms with Crippen LogP contribution in [0.1, 0.15) is 11.1 Å². The van der Waals surface area contributed by atoms with Crippen molar-refractivity contribution in [3.05, 3.63) is 35.5 Å². The van der Waals surface area contributed by atoms with Crippen LogP contribution in [-0.4, -0.2) is 48.0 Å². The van der Waals surface area contributed by atoms with E-state index in [0.717, 1.165) is 6.54 Å². The number of nitrogens with zero attached hydrogens (tertiary/aromatic N) is 2. The number of aromatic amines is 1. The van der Waals surface area contributed by atoms with Gasteiger partial charge in [0.15, 0.2) is 0 Å². The van der Waals surface area contributed by atoms with Gasteiger partial charge in [-0.2, -0.15) is 0 Å². The van der Waals surface area contributed by atoms with Crippen LogP contribution in [0.15, 0.2) is 24.4 Å². The molecule has 0 amide bonds. The number of hydrogen-bond acceptors (Lipinski definition) is 2. The molecule has 0 saturated carbocycles. The van der Waals surface area contributed by atoms with Crippen molar-refractivity contribution in [2.45, 2.75) is 13.5 Å². The summed E-state index contributed by atoms with van der Waals surface area (Å²) < 4.78 is 0. The van der Waals surface area contributed by atoms with E-state index in [1.54, 1.807) is 0 Å². The van der Waals surface area contributed by atoms with Crippen molar-refractivity contribution < 1.29 is 0 Å². The van der Waals surface area contributed by atoms with Gasteiger partial charge in [-0.3, -0.25) is 4.90 Å². The Labute approximate surface area is 108 Å². The molecule has 0 spiro atoms. The maximum absolute atomic E-state index is 3.38. The Kier molecular flexibility index (Phi) is 3.10. The summed E-state index contributed by atoms with van der Waals surface area (Å²) in [5.74, 6) is 0. The van der Waals surface area contributed by atoms with Crippen LogP contribution in [0, 0.1) is 6.92 Å². The second-order valence-electron chi connectivity index (χ2n) is 5.44. The van der Waals surface area contributed by atoms with Crippen LogP contribution >= 0.6 is 0 Å². The third kappa shape index (κ3) is 2.28. The summed E-state index contributed by atoms with van der Waals surface area (Å²) in [5.41, 5.74) is 4.02. The molecule has 1 fully saturated rings. The molecule has 2 heterocycles. The van der Waals surface area contributed by atoms with E-state index in [9.17, 15) is 0 Å². The van der Waals surface area contributed by atoms with Crippen molar-refractivity contribution in [1.82, 2.24) is 14.8 Å². The van der Waals surface area contributed by atoms with Crippen LogP contribution in [0.2, 0.25) is 0 Å². The van der Waals surface area contributed by atoms with Gasteiger partial charge in [0.25, 0.3) is 0 Å². The van der Waals surface area contributed by atoms with Gasteiger partial charge in [0.2, 0.25) is 0 Å². The van der Waals surface area contributed by atoms with Crippen LogP contribution in [0.25, 0.3) is 10.9 Å². The zero-order valence-electron chi connectivity index (χ0n) is 11.2. The molecule has 3 heteroatoms. The Morgan fingerprint density at radius 1 is 1.17 bits per heavy atom. The Hall–Kier alpha value is -1.32. The van der Waals surface area contributed by atoms with Crippen molar-refractivity contribution in [1.29, 1.82) is 0 Å². The van der Waals surface area contributed by atoms with Gasteiger partial charge in [0, 0.05) is 49.8 Å². The maximum atomic E-state index is 3.38. The molecule has 0 aliphatic carbocycles. The van der Waals surface area contributed by atoms with Gasteiger partial charge < -0.3 is 9.88 Å². The van der Waals surface area contributed by atoms with E-state index in [0.29, 0.717) is 0 Å². The normalized spacial score (nSPS) is 18.6. The van der Waals surface area contributed by atoms with Crippen LogP contribution < -0.4 is 0 Å². The summed E-state index contributed by atoms with van der Waals surface area (Å²) in [6, 6.07) is 6.63. The quantitative estimate of drug-likeness (QED) is 0.874. The first-order valence-corrected chi connectivity index (χ1v) is 6.70. The molecule has 3 rings (SSSR count). The van der Waals surface area contributed by atoms with Gasteiger partial charge in [0.1, 0.15) is 0 Å². The number of H-pyrrole nitrogens is 1. The molecule has 1 saturated heterocycles. The molecule has 0 bridgehead atoms. The molecule has 96 valence electrons. The highest BCUT2D eigenvalue weighted by molar-refractivity contribution is 5.83. The molecule has 1 aromatic heterocycles. The third-order valence-electron chi connectivity index (χ3n) is 3.91. The number of hydrogen-bond donors (Lipinski definition) is 1.